The van der Waals surface area contributed by atoms with Gasteiger partial charge in [0, 0.05) is 31.0 Å². The molecule has 1 aliphatic heterocycles. The molecule has 0 amide bonds. The predicted octanol–water partition coefficient (Wildman–Crippen LogP) is 4.36. The van der Waals surface area contributed by atoms with Crippen molar-refractivity contribution in [1.29, 1.82) is 0 Å². The summed E-state index contributed by atoms with van der Waals surface area (Å²) in [5.41, 5.74) is 3.27. The Labute approximate surface area is 169 Å². The number of nitrogens with one attached hydrogen (secondary N) is 1. The van der Waals surface area contributed by atoms with Gasteiger partial charge in [-0.1, -0.05) is 23.7 Å². The van der Waals surface area contributed by atoms with Gasteiger partial charge in [-0.3, -0.25) is 14.3 Å². The van der Waals surface area contributed by atoms with E-state index in [0.29, 0.717) is 16.7 Å². The van der Waals surface area contributed by atoms with Crippen molar-refractivity contribution in [2.75, 3.05) is 18.5 Å². The topological polar surface area (TPSA) is 59.5 Å². The summed E-state index contributed by atoms with van der Waals surface area (Å²) < 4.78 is 6.92. The maximum Gasteiger partial charge on any atom is 0.260 e. The molecule has 28 heavy (non-hydrogen) atoms. The number of aromatic nitrogens is 2. The molecule has 3 aromatic rings. The molecule has 1 aliphatic rings. The molecule has 1 saturated heterocycles. The highest BCUT2D eigenvalue weighted by Gasteiger charge is 2.21. The first-order valence-corrected chi connectivity index (χ1v) is 9.77. The Hall–Kier alpha value is -2.63. The van der Waals surface area contributed by atoms with E-state index in [1.807, 2.05) is 30.3 Å². The molecule has 1 N–H and O–H groups in total. The summed E-state index contributed by atoms with van der Waals surface area (Å²) in [6, 6.07) is 13.2. The lowest BCUT2D eigenvalue weighted by atomic mass is 9.96. The highest BCUT2D eigenvalue weighted by molar-refractivity contribution is 6.30. The van der Waals surface area contributed by atoms with Gasteiger partial charge in [0.25, 0.3) is 5.56 Å². The van der Waals surface area contributed by atoms with Crippen molar-refractivity contribution in [2.45, 2.75) is 18.9 Å². The number of halogens is 1. The smallest absolute Gasteiger partial charge is 0.260 e. The summed E-state index contributed by atoms with van der Waals surface area (Å²) in [5, 5.41) is 4.05. The summed E-state index contributed by atoms with van der Waals surface area (Å²) >= 11 is 6.04. The van der Waals surface area contributed by atoms with Crippen LogP contribution >= 0.6 is 11.6 Å². The zero-order valence-electron chi connectivity index (χ0n) is 15.7. The highest BCUT2D eigenvalue weighted by Crippen LogP contribution is 2.32. The van der Waals surface area contributed by atoms with Gasteiger partial charge in [0.1, 0.15) is 5.82 Å². The summed E-state index contributed by atoms with van der Waals surface area (Å²) in [7, 11) is 1.80. The minimum atomic E-state index is -0.0512. The van der Waals surface area contributed by atoms with Crippen molar-refractivity contribution < 1.29 is 4.74 Å². The van der Waals surface area contributed by atoms with Crippen molar-refractivity contribution in [3.8, 4) is 22.3 Å². The second-order valence-electron chi connectivity index (χ2n) is 6.95. The van der Waals surface area contributed by atoms with Crippen LogP contribution in [0.2, 0.25) is 5.02 Å². The van der Waals surface area contributed by atoms with Gasteiger partial charge in [-0.2, -0.15) is 0 Å². The maximum atomic E-state index is 13.3. The number of anilines is 1. The van der Waals surface area contributed by atoms with Gasteiger partial charge < -0.3 is 10.1 Å². The zero-order valence-corrected chi connectivity index (χ0v) is 16.4. The molecule has 1 unspecified atom stereocenters. The minimum absolute atomic E-state index is 0.0512. The fourth-order valence-corrected chi connectivity index (χ4v) is 3.43. The van der Waals surface area contributed by atoms with E-state index in [-0.39, 0.29) is 5.56 Å². The molecule has 1 atom stereocenters. The molecule has 0 saturated carbocycles. The van der Waals surface area contributed by atoms with Gasteiger partial charge >= 0.3 is 0 Å². The van der Waals surface area contributed by atoms with Crippen LogP contribution in [-0.2, 0) is 11.8 Å². The van der Waals surface area contributed by atoms with Crippen LogP contribution in [0, 0.1) is 0 Å². The highest BCUT2D eigenvalue weighted by atomic mass is 35.5. The lowest BCUT2D eigenvalue weighted by Gasteiger charge is -2.17. The van der Waals surface area contributed by atoms with Crippen LogP contribution in [0.1, 0.15) is 12.8 Å². The second-order valence-corrected chi connectivity index (χ2v) is 7.39. The van der Waals surface area contributed by atoms with Crippen LogP contribution in [0.5, 0.6) is 0 Å². The van der Waals surface area contributed by atoms with Crippen molar-refractivity contribution in [3.63, 3.8) is 0 Å². The maximum absolute atomic E-state index is 13.3. The van der Waals surface area contributed by atoms with E-state index in [1.54, 1.807) is 36.1 Å². The molecule has 0 spiro atoms. The van der Waals surface area contributed by atoms with E-state index < -0.39 is 0 Å². The largest absolute Gasteiger partial charge is 0.373 e. The van der Waals surface area contributed by atoms with E-state index in [2.05, 4.69) is 10.3 Å². The van der Waals surface area contributed by atoms with Crippen LogP contribution in [0.15, 0.2) is 59.7 Å². The average Bonchev–Trinajstić information content (AvgIpc) is 3.54. The van der Waals surface area contributed by atoms with Crippen molar-refractivity contribution in [3.05, 3.63) is 70.2 Å². The Kier molecular flexibility index (Phi) is 5.46. The number of ether oxygens (including phenoxy) is 1. The number of pyridine rings is 2. The van der Waals surface area contributed by atoms with Crippen LogP contribution in [-0.4, -0.2) is 28.8 Å². The Morgan fingerprint density at radius 3 is 2.57 bits per heavy atom. The molecule has 0 aliphatic carbocycles. The third-order valence-corrected chi connectivity index (χ3v) is 5.22. The predicted molar refractivity (Wildman–Crippen MR) is 113 cm³/mol. The van der Waals surface area contributed by atoms with Crippen LogP contribution in [0.4, 0.5) is 5.82 Å². The first-order valence-electron chi connectivity index (χ1n) is 9.39. The van der Waals surface area contributed by atoms with Gasteiger partial charge in [-0.05, 0) is 59.9 Å². The lowest BCUT2D eigenvalue weighted by Crippen LogP contribution is -2.23. The average molecular weight is 396 g/mol. The number of hydrogen-bond acceptors (Lipinski definition) is 4. The Bertz CT molecular complexity index is 1010. The fraction of sp³-hybridized carbons (Fsp3) is 0.273. The summed E-state index contributed by atoms with van der Waals surface area (Å²) in [4.78, 5) is 17.4. The second kappa shape index (κ2) is 8.17. The number of benzene rings is 1. The number of rotatable bonds is 7. The SMILES string of the molecule is Cn1c(NCCCC2CO2)cc(-c2ccncc2)c(-c2ccc(Cl)cc2)c1=O. The van der Waals surface area contributed by atoms with E-state index in [9.17, 15) is 4.79 Å². The van der Waals surface area contributed by atoms with Gasteiger partial charge in [-0.25, -0.2) is 0 Å². The van der Waals surface area contributed by atoms with Gasteiger partial charge in [0.2, 0.25) is 0 Å². The molecule has 5 nitrogen and oxygen atoms in total. The van der Waals surface area contributed by atoms with E-state index in [1.165, 1.54) is 0 Å². The zero-order chi connectivity index (χ0) is 19.5. The van der Waals surface area contributed by atoms with Crippen LogP contribution in [0.25, 0.3) is 22.3 Å². The molecule has 4 rings (SSSR count). The molecule has 3 heterocycles. The van der Waals surface area contributed by atoms with Crippen molar-refractivity contribution in [2.24, 2.45) is 7.05 Å². The quantitative estimate of drug-likeness (QED) is 0.477. The summed E-state index contributed by atoms with van der Waals surface area (Å²) in [6.07, 6.45) is 5.94. The minimum Gasteiger partial charge on any atom is -0.373 e. The number of hydrogen-bond donors (Lipinski definition) is 1. The monoisotopic (exact) mass is 395 g/mol. The van der Waals surface area contributed by atoms with Crippen LogP contribution in [0.3, 0.4) is 0 Å². The molecule has 0 radical (unpaired) electrons. The first-order chi connectivity index (χ1) is 13.6. The standard InChI is InChI=1S/C22H22ClN3O2/c1-26-20(25-10-2-3-18-14-28-18)13-19(15-8-11-24-12-9-15)21(22(26)27)16-4-6-17(23)7-5-16/h4-9,11-13,18,25H,2-3,10,14H2,1H3. The Morgan fingerprint density at radius 2 is 1.89 bits per heavy atom. The van der Waals surface area contributed by atoms with E-state index >= 15 is 0 Å². The molecular weight excluding hydrogens is 374 g/mol. The molecule has 1 fully saturated rings. The normalized spacial score (nSPS) is 15.4. The van der Waals surface area contributed by atoms with E-state index in [4.69, 9.17) is 16.3 Å². The molecular formula is C22H22ClN3O2. The number of epoxide rings is 1. The first kappa shape index (κ1) is 18.7. The Balaban J connectivity index is 1.74. The van der Waals surface area contributed by atoms with Crippen molar-refractivity contribution >= 4 is 17.4 Å². The summed E-state index contributed by atoms with van der Waals surface area (Å²) in [5.74, 6) is 0.797. The molecule has 0 bridgehead atoms. The number of nitrogens with zero attached hydrogens (tertiary/aromatic N) is 2. The van der Waals surface area contributed by atoms with Crippen LogP contribution < -0.4 is 10.9 Å². The lowest BCUT2D eigenvalue weighted by molar-refractivity contribution is 0.393. The van der Waals surface area contributed by atoms with Gasteiger partial charge in [0.15, 0.2) is 0 Å². The Morgan fingerprint density at radius 1 is 1.18 bits per heavy atom. The molecule has 144 valence electrons. The third kappa shape index (κ3) is 4.11. The van der Waals surface area contributed by atoms with Gasteiger partial charge in [-0.15, -0.1) is 0 Å². The van der Waals surface area contributed by atoms with Gasteiger partial charge in [0.05, 0.1) is 18.3 Å². The molecule has 6 heteroatoms. The fourth-order valence-electron chi connectivity index (χ4n) is 3.30. The van der Waals surface area contributed by atoms with E-state index in [0.717, 1.165) is 48.5 Å². The van der Waals surface area contributed by atoms with Crippen molar-refractivity contribution in [1.82, 2.24) is 9.55 Å². The third-order valence-electron chi connectivity index (χ3n) is 4.97. The molecule has 2 aromatic heterocycles. The summed E-state index contributed by atoms with van der Waals surface area (Å²) in [6.45, 7) is 1.67. The molecule has 1 aromatic carbocycles.